The van der Waals surface area contributed by atoms with Crippen molar-refractivity contribution in [3.05, 3.63) is 0 Å². The zero-order valence-electron chi connectivity index (χ0n) is 15.4. The summed E-state index contributed by atoms with van der Waals surface area (Å²) in [7, 11) is 12.0. The van der Waals surface area contributed by atoms with Gasteiger partial charge in [0.25, 0.3) is 0 Å². The molecule has 1 saturated heterocycles. The van der Waals surface area contributed by atoms with Crippen molar-refractivity contribution in [2.24, 2.45) is 0 Å². The Hall–Kier alpha value is -0.295. The Morgan fingerprint density at radius 3 is 1.64 bits per heavy atom. The third-order valence-corrected chi connectivity index (χ3v) is 3.58. The van der Waals surface area contributed by atoms with E-state index in [1.807, 2.05) is 0 Å². The van der Waals surface area contributed by atoms with Gasteiger partial charge in [0.15, 0.2) is 0 Å². The summed E-state index contributed by atoms with van der Waals surface area (Å²) in [5.41, 5.74) is 0. The Morgan fingerprint density at radius 2 is 1.16 bits per heavy atom. The molecule has 0 bridgehead atoms. The Kier molecular flexibility index (Phi) is 12.6. The van der Waals surface area contributed by atoms with Gasteiger partial charge in [-0.1, -0.05) is 6.32 Å². The van der Waals surface area contributed by atoms with Crippen LogP contribution in [0.5, 0.6) is 0 Å². The van der Waals surface area contributed by atoms with Gasteiger partial charge >= 0.3 is 0 Å². The summed E-state index contributed by atoms with van der Waals surface area (Å²) < 4.78 is 48.7. The quantitative estimate of drug-likeness (QED) is 0.239. The zero-order chi connectivity index (χ0) is 18.5. The molecule has 25 heavy (non-hydrogen) atoms. The topological polar surface area (TPSA) is 83.1 Å². The van der Waals surface area contributed by atoms with Crippen LogP contribution in [0.3, 0.4) is 0 Å². The summed E-state index contributed by atoms with van der Waals surface area (Å²) in [5, 5.41) is 0. The molecule has 5 unspecified atom stereocenters. The van der Waals surface area contributed by atoms with Gasteiger partial charge in [-0.15, -0.1) is 0 Å². The van der Waals surface area contributed by atoms with Crippen LogP contribution in [0.2, 0.25) is 6.32 Å². The normalized spacial score (nSPS) is 29.8. The zero-order valence-corrected chi connectivity index (χ0v) is 15.4. The number of hydrogen-bond acceptors (Lipinski definition) is 9. The lowest BCUT2D eigenvalue weighted by molar-refractivity contribution is -0.294. The molecule has 0 aromatic heterocycles. The molecule has 0 amide bonds. The molecule has 2 radical (unpaired) electrons. The summed E-state index contributed by atoms with van der Waals surface area (Å²) in [6, 6.07) is 0. The predicted octanol–water partition coefficient (Wildman–Crippen LogP) is -0.0716. The van der Waals surface area contributed by atoms with Crippen LogP contribution in [0.4, 0.5) is 0 Å². The summed E-state index contributed by atoms with van der Waals surface area (Å²) in [6.45, 7) is 0.568. The average Bonchev–Trinajstić information content (AvgIpc) is 2.63. The molecular weight excluding hydrogens is 335 g/mol. The Morgan fingerprint density at radius 1 is 0.680 bits per heavy atom. The molecule has 1 rings (SSSR count). The number of hydrogen-bond donors (Lipinski definition) is 0. The van der Waals surface area contributed by atoms with Crippen LogP contribution in [0.1, 0.15) is 0 Å². The number of ether oxygens (including phenoxy) is 9. The van der Waals surface area contributed by atoms with Crippen LogP contribution in [-0.4, -0.2) is 101 Å². The van der Waals surface area contributed by atoms with Crippen molar-refractivity contribution >= 4 is 7.85 Å². The molecule has 0 aromatic rings. The van der Waals surface area contributed by atoms with Crippen LogP contribution < -0.4 is 0 Å². The third kappa shape index (κ3) is 7.45. The molecule has 1 aliphatic rings. The SMILES string of the molecule is [B]CC1OC(COCOC)C(OCOC)C(OCOC)C1OCOC. The fourth-order valence-electron chi connectivity index (χ4n) is 2.59. The first-order chi connectivity index (χ1) is 12.2. The lowest BCUT2D eigenvalue weighted by atomic mass is 9.87. The van der Waals surface area contributed by atoms with E-state index in [0.717, 1.165) is 0 Å². The Labute approximate surface area is 150 Å². The van der Waals surface area contributed by atoms with Gasteiger partial charge in [-0.3, -0.25) is 0 Å². The molecule has 0 aromatic carbocycles. The first kappa shape index (κ1) is 22.7. The molecule has 146 valence electrons. The Bertz CT molecular complexity index is 323. The molecular formula is C15H29BO9. The monoisotopic (exact) mass is 364 g/mol. The maximum absolute atomic E-state index is 6.02. The molecule has 0 saturated carbocycles. The summed E-state index contributed by atoms with van der Waals surface area (Å²) in [6.07, 6.45) is -2.15. The van der Waals surface area contributed by atoms with Gasteiger partial charge in [0.1, 0.15) is 51.6 Å². The lowest BCUT2D eigenvalue weighted by Gasteiger charge is -2.45. The molecule has 1 fully saturated rings. The van der Waals surface area contributed by atoms with E-state index in [0.29, 0.717) is 0 Å². The summed E-state index contributed by atoms with van der Waals surface area (Å²) in [5.74, 6) is 0. The van der Waals surface area contributed by atoms with E-state index in [2.05, 4.69) is 0 Å². The predicted molar refractivity (Wildman–Crippen MR) is 87.3 cm³/mol. The molecule has 10 heteroatoms. The van der Waals surface area contributed by atoms with Crippen molar-refractivity contribution in [3.63, 3.8) is 0 Å². The summed E-state index contributed by atoms with van der Waals surface area (Å²) >= 11 is 0. The lowest BCUT2D eigenvalue weighted by Crippen LogP contribution is -2.61. The third-order valence-electron chi connectivity index (χ3n) is 3.58. The molecule has 0 N–H and O–H groups in total. The van der Waals surface area contributed by atoms with Gasteiger partial charge in [0.05, 0.1) is 20.6 Å². The molecule has 5 atom stereocenters. The smallest absolute Gasteiger partial charge is 0.146 e. The minimum atomic E-state index is -0.517. The molecule has 1 heterocycles. The number of rotatable bonds is 14. The van der Waals surface area contributed by atoms with E-state index in [1.54, 1.807) is 7.11 Å². The highest BCUT2D eigenvalue weighted by atomic mass is 16.7. The van der Waals surface area contributed by atoms with Crippen molar-refractivity contribution in [1.82, 2.24) is 0 Å². The van der Waals surface area contributed by atoms with Gasteiger partial charge in [-0.25, -0.2) is 0 Å². The highest BCUT2D eigenvalue weighted by molar-refractivity contribution is 6.08. The van der Waals surface area contributed by atoms with Gasteiger partial charge in [0.2, 0.25) is 0 Å². The van der Waals surface area contributed by atoms with Gasteiger partial charge in [0, 0.05) is 28.4 Å². The van der Waals surface area contributed by atoms with Crippen LogP contribution in [0.15, 0.2) is 0 Å². The van der Waals surface area contributed by atoms with Gasteiger partial charge in [-0.2, -0.15) is 0 Å². The second kappa shape index (κ2) is 13.8. The maximum atomic E-state index is 6.02. The highest BCUT2D eigenvalue weighted by Crippen LogP contribution is 2.30. The average molecular weight is 364 g/mol. The van der Waals surface area contributed by atoms with Crippen molar-refractivity contribution in [1.29, 1.82) is 0 Å². The van der Waals surface area contributed by atoms with Crippen LogP contribution in [0, 0.1) is 0 Å². The molecule has 0 spiro atoms. The van der Waals surface area contributed by atoms with Crippen LogP contribution in [-0.2, 0) is 42.6 Å². The van der Waals surface area contributed by atoms with Gasteiger partial charge < -0.3 is 42.6 Å². The van der Waals surface area contributed by atoms with E-state index in [1.165, 1.54) is 21.3 Å². The van der Waals surface area contributed by atoms with Crippen molar-refractivity contribution < 1.29 is 42.6 Å². The number of methoxy groups -OCH3 is 4. The fraction of sp³-hybridized carbons (Fsp3) is 1.00. The largest absolute Gasteiger partial charge is 0.368 e. The molecule has 1 aliphatic heterocycles. The molecule has 9 nitrogen and oxygen atoms in total. The second-order valence-electron chi connectivity index (χ2n) is 5.34. The maximum Gasteiger partial charge on any atom is 0.146 e. The fourth-order valence-corrected chi connectivity index (χ4v) is 2.59. The summed E-state index contributed by atoms with van der Waals surface area (Å²) in [4.78, 5) is 0. The standard InChI is InChI=1S/C15H29BO9/c1-17-7-21-6-12-14(23-9-19-3)15(24-10-20-4)13(22-8-18-2)11(5-16)25-12/h11-15H,5-10H2,1-4H3. The molecule has 0 aliphatic carbocycles. The van der Waals surface area contributed by atoms with Crippen molar-refractivity contribution in [3.8, 4) is 0 Å². The van der Waals surface area contributed by atoms with Gasteiger partial charge in [-0.05, 0) is 0 Å². The van der Waals surface area contributed by atoms with Crippen molar-refractivity contribution in [2.45, 2.75) is 36.8 Å². The van der Waals surface area contributed by atoms with E-state index < -0.39 is 30.5 Å². The van der Waals surface area contributed by atoms with Crippen LogP contribution >= 0.6 is 0 Å². The second-order valence-corrected chi connectivity index (χ2v) is 5.34. The minimum Gasteiger partial charge on any atom is -0.368 e. The van der Waals surface area contributed by atoms with E-state index in [4.69, 9.17) is 50.5 Å². The van der Waals surface area contributed by atoms with E-state index in [-0.39, 0.29) is 40.1 Å². The van der Waals surface area contributed by atoms with E-state index in [9.17, 15) is 0 Å². The van der Waals surface area contributed by atoms with E-state index >= 15 is 0 Å². The first-order valence-electron chi connectivity index (χ1n) is 7.97. The highest BCUT2D eigenvalue weighted by Gasteiger charge is 2.47. The first-order valence-corrected chi connectivity index (χ1v) is 7.97. The Balaban J connectivity index is 2.93. The minimum absolute atomic E-state index is 0.0614. The van der Waals surface area contributed by atoms with Crippen LogP contribution in [0.25, 0.3) is 0 Å². The van der Waals surface area contributed by atoms with Crippen molar-refractivity contribution in [2.75, 3.05) is 62.2 Å².